The standard InChI is InChI=1S/CH2O.H2O2S.H2O2.Zn.2H/c1-2;1-3-2;1-2;;;/h1H2;1-2H;1-2H;;;. The molecule has 4 N–H and O–H groups in total. The van der Waals surface area contributed by atoms with E-state index in [4.69, 9.17) is 24.4 Å². The molecule has 0 unspecified atom stereocenters. The van der Waals surface area contributed by atoms with Gasteiger partial charge < -0.3 is 13.9 Å². The van der Waals surface area contributed by atoms with E-state index in [0.717, 1.165) is 0 Å². The second-order valence-corrected chi connectivity index (χ2v) is 0.245. The van der Waals surface area contributed by atoms with E-state index in [2.05, 4.69) is 0 Å². The predicted octanol–water partition coefficient (Wildman–Crippen LogP) is -0.0398. The van der Waals surface area contributed by atoms with E-state index >= 15 is 0 Å². The first-order valence-corrected chi connectivity index (χ1v) is 1.58. The summed E-state index contributed by atoms with van der Waals surface area (Å²) in [5, 5.41) is 12.0. The Balaban J connectivity index is -0.0000000147. The fourth-order valence-electron chi connectivity index (χ4n) is 0. The summed E-state index contributed by atoms with van der Waals surface area (Å²) in [5.41, 5.74) is 0. The quantitative estimate of drug-likeness (QED) is 0.188. The van der Waals surface area contributed by atoms with Crippen LogP contribution in [0.4, 0.5) is 0 Å². The number of carbonyl (C=O) groups excluding carboxylic acids is 1. The number of hydrogen-bond donors (Lipinski definition) is 4. The van der Waals surface area contributed by atoms with Gasteiger partial charge in [-0.1, -0.05) is 0 Å². The van der Waals surface area contributed by atoms with E-state index < -0.39 is 0 Å². The van der Waals surface area contributed by atoms with Crippen molar-refractivity contribution >= 4 is 19.1 Å². The zero-order valence-corrected chi connectivity index (χ0v) is 4.13. The van der Waals surface area contributed by atoms with Gasteiger partial charge in [-0.3, -0.25) is 10.5 Å². The van der Waals surface area contributed by atoms with E-state index in [1.54, 1.807) is 0 Å². The first kappa shape index (κ1) is 23.6. The molecule has 0 aromatic rings. The Hall–Kier alpha value is 0.483. The van der Waals surface area contributed by atoms with Crippen LogP contribution in [0, 0.1) is 0 Å². The number of hydrogen-bond acceptors (Lipinski definition) is 6. The van der Waals surface area contributed by atoms with Crippen molar-refractivity contribution in [2.45, 2.75) is 0 Å². The number of carbonyl (C=O) groups is 1. The van der Waals surface area contributed by atoms with Crippen molar-refractivity contribution in [1.29, 1.82) is 0 Å². The van der Waals surface area contributed by atoms with Crippen LogP contribution in [0.1, 0.15) is 0 Å². The fraction of sp³-hybridized carbons (Fsp3) is 0. The molecule has 0 aromatic heterocycles. The summed E-state index contributed by atoms with van der Waals surface area (Å²) in [6.45, 7) is 2.00. The molecule has 0 aliphatic carbocycles. The molecule has 0 spiro atoms. The molecule has 0 aliphatic heterocycles. The van der Waals surface area contributed by atoms with Gasteiger partial charge in [0, 0.05) is 0 Å². The average Bonchev–Trinajstić information content (AvgIpc) is 1.78. The Kier molecular flexibility index (Phi) is 422. The Bertz CT molecular complexity index is 16.4. The van der Waals surface area contributed by atoms with Crippen LogP contribution in [0.3, 0.4) is 0 Å². The molecule has 0 amide bonds. The van der Waals surface area contributed by atoms with E-state index in [1.807, 2.05) is 6.79 Å². The third kappa shape index (κ3) is 834. The van der Waals surface area contributed by atoms with Crippen LogP contribution in [0.2, 0.25) is 0 Å². The summed E-state index contributed by atoms with van der Waals surface area (Å²) < 4.78 is 14.1. The molecule has 0 aromatic carbocycles. The summed E-state index contributed by atoms with van der Waals surface area (Å²) in [6.07, 6.45) is 0. The van der Waals surface area contributed by atoms with Crippen molar-refractivity contribution in [3.8, 4) is 0 Å². The second-order valence-electron chi connectivity index (χ2n) is 0.0816. The Morgan fingerprint density at radius 3 is 1.12 bits per heavy atom. The van der Waals surface area contributed by atoms with Gasteiger partial charge in [0.25, 0.3) is 0 Å². The molecule has 0 aliphatic rings. The molecule has 0 atom stereocenters. The van der Waals surface area contributed by atoms with E-state index in [-0.39, 0.29) is 31.8 Å². The zero-order valence-electron chi connectivity index (χ0n) is 3.31. The van der Waals surface area contributed by atoms with Crippen molar-refractivity contribution in [2.24, 2.45) is 0 Å². The summed E-state index contributed by atoms with van der Waals surface area (Å²) in [6, 6.07) is 0. The molecule has 8 heavy (non-hydrogen) atoms. The molecule has 0 bridgehead atoms. The Morgan fingerprint density at radius 2 is 1.12 bits per heavy atom. The van der Waals surface area contributed by atoms with Gasteiger partial charge in [-0.25, -0.2) is 0 Å². The van der Waals surface area contributed by atoms with Gasteiger partial charge in [0.2, 0.25) is 0 Å². The van der Waals surface area contributed by atoms with Crippen molar-refractivity contribution < 1.29 is 43.9 Å². The van der Waals surface area contributed by atoms with Crippen LogP contribution < -0.4 is 0 Å². The topological polar surface area (TPSA) is 98.0 Å². The van der Waals surface area contributed by atoms with Crippen LogP contribution in [0.25, 0.3) is 0 Å². The molecule has 0 rings (SSSR count). The third-order valence-electron chi connectivity index (χ3n) is 0. The van der Waals surface area contributed by atoms with Gasteiger partial charge >= 0.3 is 19.5 Å². The summed E-state index contributed by atoms with van der Waals surface area (Å²) >= 11 is -0.250. The van der Waals surface area contributed by atoms with Gasteiger partial charge in [0.15, 0.2) is 12.3 Å². The normalized spacial score (nSPS) is 3.50. The maximum absolute atomic E-state index is 8.00. The average molecular weight is 198 g/mol. The molecule has 0 saturated heterocycles. The van der Waals surface area contributed by atoms with Crippen molar-refractivity contribution in [2.75, 3.05) is 0 Å². The summed E-state index contributed by atoms with van der Waals surface area (Å²) in [4.78, 5) is 8.00. The van der Waals surface area contributed by atoms with E-state index in [1.165, 1.54) is 0 Å². The van der Waals surface area contributed by atoms with E-state index in [0.29, 0.717) is 0 Å². The molecule has 50 valence electrons. The Morgan fingerprint density at radius 1 is 1.12 bits per heavy atom. The predicted molar refractivity (Wildman–Crippen MR) is 28.0 cm³/mol. The molecule has 0 radical (unpaired) electrons. The molecule has 7 heteroatoms. The molecular weight excluding hydrogens is 189 g/mol. The molecule has 0 heterocycles. The van der Waals surface area contributed by atoms with Crippen LogP contribution in [-0.2, 0) is 24.3 Å². The first-order chi connectivity index (χ1) is 3.41. The minimum atomic E-state index is -0.250. The van der Waals surface area contributed by atoms with Crippen molar-refractivity contribution in [1.82, 2.24) is 0 Å². The third-order valence-corrected chi connectivity index (χ3v) is 0. The van der Waals surface area contributed by atoms with Crippen LogP contribution in [0.5, 0.6) is 0 Å². The SMILES string of the molecule is C=O.OO.OSO.[ZnH2]. The maximum atomic E-state index is 8.00. The first-order valence-electron chi connectivity index (χ1n) is 0.854. The van der Waals surface area contributed by atoms with Crippen molar-refractivity contribution in [3.63, 3.8) is 0 Å². The van der Waals surface area contributed by atoms with Crippen LogP contribution >= 0.6 is 12.3 Å². The van der Waals surface area contributed by atoms with Gasteiger partial charge in [0.05, 0.1) is 0 Å². The molecule has 0 fully saturated rings. The zero-order chi connectivity index (χ0) is 6.71. The molecular formula is CH8O5SZn. The van der Waals surface area contributed by atoms with Crippen molar-refractivity contribution in [3.05, 3.63) is 0 Å². The van der Waals surface area contributed by atoms with Crippen LogP contribution in [-0.4, -0.2) is 26.4 Å². The van der Waals surface area contributed by atoms with Gasteiger partial charge in [-0.2, -0.15) is 0 Å². The molecule has 5 nitrogen and oxygen atoms in total. The Labute approximate surface area is 63.4 Å². The minimum absolute atomic E-state index is 0. The van der Waals surface area contributed by atoms with Gasteiger partial charge in [0.1, 0.15) is 6.79 Å². The second kappa shape index (κ2) is 143. The molecule has 0 saturated carbocycles. The number of rotatable bonds is 0. The van der Waals surface area contributed by atoms with Gasteiger partial charge in [-0.05, 0) is 0 Å². The fourth-order valence-corrected chi connectivity index (χ4v) is 0. The van der Waals surface area contributed by atoms with Crippen LogP contribution in [0.15, 0.2) is 0 Å². The summed E-state index contributed by atoms with van der Waals surface area (Å²) in [5.74, 6) is 0. The van der Waals surface area contributed by atoms with Gasteiger partial charge in [-0.15, -0.1) is 0 Å². The summed E-state index contributed by atoms with van der Waals surface area (Å²) in [7, 11) is 0. The van der Waals surface area contributed by atoms with E-state index in [9.17, 15) is 0 Å². The monoisotopic (exact) mass is 196 g/mol.